The van der Waals surface area contributed by atoms with Gasteiger partial charge >= 0.3 is 0 Å². The minimum absolute atomic E-state index is 0.0599. The van der Waals surface area contributed by atoms with Gasteiger partial charge in [-0.2, -0.15) is 0 Å². The van der Waals surface area contributed by atoms with Gasteiger partial charge in [-0.25, -0.2) is 0 Å². The zero-order valence-electron chi connectivity index (χ0n) is 15.5. The summed E-state index contributed by atoms with van der Waals surface area (Å²) in [5, 5.41) is 11.0. The number of carbonyl (C=O) groups is 1. The van der Waals surface area contributed by atoms with Crippen LogP contribution in [0.1, 0.15) is 42.7 Å². The molecule has 1 amide bonds. The summed E-state index contributed by atoms with van der Waals surface area (Å²) in [6.07, 6.45) is -0.782. The Morgan fingerprint density at radius 1 is 0.852 bits per heavy atom. The lowest BCUT2D eigenvalue weighted by Crippen LogP contribution is -2.61. The molecular formula is C24H23NO2. The van der Waals surface area contributed by atoms with Crippen LogP contribution in [-0.4, -0.2) is 11.0 Å². The first-order valence-corrected chi connectivity index (χ1v) is 9.22. The molecule has 2 unspecified atom stereocenters. The number of benzene rings is 3. The van der Waals surface area contributed by atoms with E-state index in [-0.39, 0.29) is 11.9 Å². The van der Waals surface area contributed by atoms with Crippen LogP contribution in [0, 0.1) is 5.41 Å². The second-order valence-corrected chi connectivity index (χ2v) is 7.58. The molecule has 4 rings (SSSR count). The van der Waals surface area contributed by atoms with Crippen LogP contribution in [0.3, 0.4) is 0 Å². The number of nitrogens with zero attached hydrogens (tertiary/aromatic N) is 1. The Bertz CT molecular complexity index is 950. The molecule has 1 aliphatic heterocycles. The van der Waals surface area contributed by atoms with Gasteiger partial charge in [0.1, 0.15) is 6.10 Å². The van der Waals surface area contributed by atoms with Crippen molar-refractivity contribution in [3.05, 3.63) is 102 Å². The van der Waals surface area contributed by atoms with Crippen LogP contribution in [0.25, 0.3) is 0 Å². The quantitative estimate of drug-likeness (QED) is 0.676. The number of aliphatic hydroxyl groups excluding tert-OH is 1. The fourth-order valence-electron chi connectivity index (χ4n) is 4.00. The number of amides is 1. The van der Waals surface area contributed by atoms with Gasteiger partial charge in [-0.3, -0.25) is 4.79 Å². The van der Waals surface area contributed by atoms with Gasteiger partial charge in [-0.05, 0) is 31.0 Å². The highest BCUT2D eigenvalue weighted by molar-refractivity contribution is 6.06. The van der Waals surface area contributed by atoms with Crippen LogP contribution in [0.2, 0.25) is 0 Å². The first kappa shape index (κ1) is 17.5. The van der Waals surface area contributed by atoms with Crippen LogP contribution in [0.15, 0.2) is 84.9 Å². The molecule has 1 fully saturated rings. The van der Waals surface area contributed by atoms with Gasteiger partial charge in [0, 0.05) is 5.56 Å². The summed E-state index contributed by atoms with van der Waals surface area (Å²) in [5.41, 5.74) is 2.95. The highest BCUT2D eigenvalue weighted by Gasteiger charge is 2.55. The van der Waals surface area contributed by atoms with Gasteiger partial charge in [0.2, 0.25) is 5.91 Å². The van der Waals surface area contributed by atoms with Crippen molar-refractivity contribution >= 4 is 11.6 Å². The second-order valence-electron chi connectivity index (χ2n) is 7.58. The standard InChI is InChI=1S/C24H23NO2/c1-24(2)22(18-13-7-4-8-14-18)25(23(24)27)20-16-10-9-15-19(20)21(26)17-11-5-3-6-12-17/h3-16,21-22,26H,1-2H3. The fourth-order valence-corrected chi connectivity index (χ4v) is 4.00. The molecule has 3 heteroatoms. The Kier molecular flexibility index (Phi) is 4.33. The number of para-hydroxylation sites is 1. The van der Waals surface area contributed by atoms with Crippen LogP contribution < -0.4 is 4.90 Å². The number of hydrogen-bond donors (Lipinski definition) is 1. The van der Waals surface area contributed by atoms with Gasteiger partial charge in [0.25, 0.3) is 0 Å². The average Bonchev–Trinajstić information content (AvgIpc) is 2.72. The third-order valence-electron chi connectivity index (χ3n) is 5.43. The third kappa shape index (κ3) is 2.84. The maximum Gasteiger partial charge on any atom is 0.235 e. The number of hydrogen-bond acceptors (Lipinski definition) is 2. The largest absolute Gasteiger partial charge is 0.384 e. The first-order valence-electron chi connectivity index (χ1n) is 9.22. The molecule has 0 aromatic heterocycles. The van der Waals surface area contributed by atoms with E-state index in [0.29, 0.717) is 0 Å². The number of aliphatic hydroxyl groups is 1. The van der Waals surface area contributed by atoms with Crippen molar-refractivity contribution in [2.45, 2.75) is 26.0 Å². The number of anilines is 1. The Morgan fingerprint density at radius 3 is 2.07 bits per heavy atom. The molecule has 3 aromatic rings. The minimum Gasteiger partial charge on any atom is -0.384 e. The molecule has 27 heavy (non-hydrogen) atoms. The van der Waals surface area contributed by atoms with E-state index in [4.69, 9.17) is 0 Å². The van der Waals surface area contributed by atoms with Crippen molar-refractivity contribution in [3.63, 3.8) is 0 Å². The van der Waals surface area contributed by atoms with Gasteiger partial charge in [0.15, 0.2) is 0 Å². The molecule has 0 bridgehead atoms. The maximum atomic E-state index is 13.0. The fraction of sp³-hybridized carbons (Fsp3) is 0.208. The second kappa shape index (κ2) is 6.67. The maximum absolute atomic E-state index is 13.0. The molecule has 0 aliphatic carbocycles. The van der Waals surface area contributed by atoms with Crippen molar-refractivity contribution in [1.29, 1.82) is 0 Å². The molecule has 3 aromatic carbocycles. The summed E-state index contributed by atoms with van der Waals surface area (Å²) in [5.74, 6) is 0.0732. The summed E-state index contributed by atoms with van der Waals surface area (Å²) < 4.78 is 0. The minimum atomic E-state index is -0.782. The summed E-state index contributed by atoms with van der Waals surface area (Å²) in [6.45, 7) is 3.97. The number of carbonyl (C=O) groups excluding carboxylic acids is 1. The Balaban J connectivity index is 1.78. The monoisotopic (exact) mass is 357 g/mol. The normalized spacial score (nSPS) is 19.4. The van der Waals surface area contributed by atoms with Crippen molar-refractivity contribution in [2.24, 2.45) is 5.41 Å². The molecule has 1 N–H and O–H groups in total. The zero-order valence-corrected chi connectivity index (χ0v) is 15.5. The van der Waals surface area contributed by atoms with Crippen LogP contribution in [-0.2, 0) is 4.79 Å². The van der Waals surface area contributed by atoms with Gasteiger partial charge in [0.05, 0.1) is 17.1 Å². The van der Waals surface area contributed by atoms with E-state index in [1.165, 1.54) is 0 Å². The molecule has 1 heterocycles. The third-order valence-corrected chi connectivity index (χ3v) is 5.43. The highest BCUT2D eigenvalue weighted by Crippen LogP contribution is 2.53. The van der Waals surface area contributed by atoms with Crippen molar-refractivity contribution in [3.8, 4) is 0 Å². The zero-order chi connectivity index (χ0) is 19.0. The molecule has 0 spiro atoms. The predicted octanol–water partition coefficient (Wildman–Crippen LogP) is 4.88. The first-order chi connectivity index (χ1) is 13.0. The topological polar surface area (TPSA) is 40.5 Å². The molecule has 3 nitrogen and oxygen atoms in total. The van der Waals surface area contributed by atoms with E-state index in [1.54, 1.807) is 0 Å². The average molecular weight is 357 g/mol. The summed E-state index contributed by atoms with van der Waals surface area (Å²) in [7, 11) is 0. The van der Waals surface area contributed by atoms with E-state index in [9.17, 15) is 9.90 Å². The van der Waals surface area contributed by atoms with Gasteiger partial charge in [-0.1, -0.05) is 78.9 Å². The lowest BCUT2D eigenvalue weighted by atomic mass is 9.70. The Morgan fingerprint density at radius 2 is 1.41 bits per heavy atom. The van der Waals surface area contributed by atoms with Gasteiger partial charge < -0.3 is 10.0 Å². The smallest absolute Gasteiger partial charge is 0.235 e. The molecule has 0 saturated carbocycles. The van der Waals surface area contributed by atoms with Crippen LogP contribution >= 0.6 is 0 Å². The SMILES string of the molecule is CC1(C)C(=O)N(c2ccccc2C(O)c2ccccc2)C1c1ccccc1. The predicted molar refractivity (Wildman–Crippen MR) is 107 cm³/mol. The van der Waals surface area contributed by atoms with Gasteiger partial charge in [-0.15, -0.1) is 0 Å². The Hall–Kier alpha value is -2.91. The van der Waals surface area contributed by atoms with Crippen molar-refractivity contribution < 1.29 is 9.90 Å². The van der Waals surface area contributed by atoms with E-state index in [0.717, 1.165) is 22.4 Å². The van der Waals surface area contributed by atoms with Crippen LogP contribution in [0.5, 0.6) is 0 Å². The van der Waals surface area contributed by atoms with Crippen molar-refractivity contribution in [2.75, 3.05) is 4.90 Å². The van der Waals surface area contributed by atoms with E-state index < -0.39 is 11.5 Å². The Labute approximate surface area is 159 Å². The van der Waals surface area contributed by atoms with E-state index in [1.807, 2.05) is 91.5 Å². The molecule has 1 saturated heterocycles. The lowest BCUT2D eigenvalue weighted by molar-refractivity contribution is -0.137. The van der Waals surface area contributed by atoms with E-state index >= 15 is 0 Å². The molecule has 2 atom stereocenters. The van der Waals surface area contributed by atoms with Crippen LogP contribution in [0.4, 0.5) is 5.69 Å². The van der Waals surface area contributed by atoms with Crippen molar-refractivity contribution in [1.82, 2.24) is 0 Å². The molecular weight excluding hydrogens is 334 g/mol. The molecule has 0 radical (unpaired) electrons. The number of rotatable bonds is 4. The summed E-state index contributed by atoms with van der Waals surface area (Å²) in [4.78, 5) is 14.9. The molecule has 136 valence electrons. The summed E-state index contributed by atoms with van der Waals surface area (Å²) >= 11 is 0. The molecule has 1 aliphatic rings. The highest BCUT2D eigenvalue weighted by atomic mass is 16.3. The summed E-state index contributed by atoms with van der Waals surface area (Å²) in [6, 6.07) is 27.2. The number of β-lactam (4-membered cyclic amide) rings is 1. The lowest BCUT2D eigenvalue weighted by Gasteiger charge is -2.53. The van der Waals surface area contributed by atoms with E-state index in [2.05, 4.69) is 12.1 Å².